The van der Waals surface area contributed by atoms with Gasteiger partial charge >= 0.3 is 7.12 Å². The number of amidine groups is 1. The number of halogens is 1. The fourth-order valence-electron chi connectivity index (χ4n) is 3.67. The predicted molar refractivity (Wildman–Crippen MR) is 120 cm³/mol. The molecule has 0 fully saturated rings. The summed E-state index contributed by atoms with van der Waals surface area (Å²) in [6.45, 7) is 2.28. The van der Waals surface area contributed by atoms with Crippen LogP contribution in [0.5, 0.6) is 5.75 Å². The van der Waals surface area contributed by atoms with E-state index < -0.39 is 7.12 Å². The molecule has 30 heavy (non-hydrogen) atoms. The molecule has 1 aromatic heterocycles. The third-order valence-electron chi connectivity index (χ3n) is 5.14. The molecule has 1 atom stereocenters. The van der Waals surface area contributed by atoms with Gasteiger partial charge in [0.05, 0.1) is 11.7 Å². The molecule has 0 saturated heterocycles. The number of fused-ring (bicyclic) bond motifs is 1. The molecule has 154 valence electrons. The quantitative estimate of drug-likeness (QED) is 0.333. The highest BCUT2D eigenvalue weighted by Gasteiger charge is 2.33. The Hall–Kier alpha value is -2.87. The van der Waals surface area contributed by atoms with Gasteiger partial charge in [0.25, 0.3) is 0 Å². The lowest BCUT2D eigenvalue weighted by molar-refractivity contribution is 0.167. The third kappa shape index (κ3) is 4.49. The number of ether oxygens (including phenoxy) is 1. The summed E-state index contributed by atoms with van der Waals surface area (Å²) < 4.78 is 11.9. The van der Waals surface area contributed by atoms with Crippen molar-refractivity contribution in [2.24, 2.45) is 5.73 Å². The van der Waals surface area contributed by atoms with E-state index in [1.165, 1.54) is 0 Å². The Bertz CT molecular complexity index is 1050. The number of benzene rings is 2. The molecule has 1 aliphatic rings. The molecule has 6 nitrogen and oxygen atoms in total. The first-order valence-corrected chi connectivity index (χ1v) is 9.45. The Labute approximate surface area is 182 Å². The van der Waals surface area contributed by atoms with Crippen molar-refractivity contribution in [1.82, 2.24) is 4.98 Å². The van der Waals surface area contributed by atoms with Crippen LogP contribution in [0, 0.1) is 12.3 Å². The minimum atomic E-state index is -0.975. The summed E-state index contributed by atoms with van der Waals surface area (Å²) in [5, 5.41) is 18.4. The van der Waals surface area contributed by atoms with Gasteiger partial charge in [0.15, 0.2) is 0 Å². The van der Waals surface area contributed by atoms with Crippen LogP contribution in [-0.4, -0.2) is 23.0 Å². The van der Waals surface area contributed by atoms with E-state index in [1.807, 2.05) is 49.4 Å². The van der Waals surface area contributed by atoms with Crippen LogP contribution in [0.4, 0.5) is 0 Å². The molecule has 4 N–H and O–H groups in total. The normalized spacial score (nSPS) is 15.1. The molecule has 8 heteroatoms. The summed E-state index contributed by atoms with van der Waals surface area (Å²) in [6, 6.07) is 15.2. The van der Waals surface area contributed by atoms with Gasteiger partial charge in [-0.2, -0.15) is 0 Å². The molecule has 4 rings (SSSR count). The smallest absolute Gasteiger partial charge is 0.488 e. The van der Waals surface area contributed by atoms with Gasteiger partial charge in [-0.15, -0.1) is 12.4 Å². The zero-order valence-corrected chi connectivity index (χ0v) is 17.4. The molecule has 0 spiro atoms. The van der Waals surface area contributed by atoms with Crippen molar-refractivity contribution in [2.45, 2.75) is 26.1 Å². The first-order valence-electron chi connectivity index (χ1n) is 9.45. The second-order valence-electron chi connectivity index (χ2n) is 7.15. The highest BCUT2D eigenvalue weighted by atomic mass is 35.5. The van der Waals surface area contributed by atoms with Crippen LogP contribution in [0.3, 0.4) is 0 Å². The van der Waals surface area contributed by atoms with Crippen LogP contribution in [-0.2, 0) is 17.7 Å². The minimum Gasteiger partial charge on any atom is -0.488 e. The number of nitrogens with zero attached hydrogens (tertiary/aromatic N) is 1. The second-order valence-corrected chi connectivity index (χ2v) is 7.15. The highest BCUT2D eigenvalue weighted by Crippen LogP contribution is 2.31. The number of rotatable bonds is 5. The SMILES string of the molecule is Cc1cccc2c1B(O)OC(c1ccc(C(=N)N)c(OCc3cccnc3)c1)C2.Cl. The number of hydrogen-bond donors (Lipinski definition) is 3. The van der Waals surface area contributed by atoms with Crippen LogP contribution >= 0.6 is 12.4 Å². The average molecular weight is 424 g/mol. The van der Waals surface area contributed by atoms with Crippen LogP contribution in [0.1, 0.15) is 33.9 Å². The maximum atomic E-state index is 10.5. The van der Waals surface area contributed by atoms with Crippen molar-refractivity contribution >= 4 is 30.8 Å². The summed E-state index contributed by atoms with van der Waals surface area (Å²) in [4.78, 5) is 4.09. The molecule has 3 aromatic rings. The molecule has 0 bridgehead atoms. The van der Waals surface area contributed by atoms with Crippen molar-refractivity contribution in [2.75, 3.05) is 0 Å². The Kier molecular flexibility index (Phi) is 6.77. The van der Waals surface area contributed by atoms with Gasteiger partial charge in [-0.3, -0.25) is 10.4 Å². The Morgan fingerprint density at radius 1 is 1.30 bits per heavy atom. The molecule has 0 radical (unpaired) electrons. The maximum absolute atomic E-state index is 10.5. The standard InChI is InChI=1S/C22H22BN3O3.ClH/c1-14-4-2-6-17-11-19(29-23(27)21(14)17)16-7-8-18(22(24)25)20(10-16)28-13-15-5-3-9-26-12-15;/h2-10,12,19,27H,11,13H2,1H3,(H3,24,25);1H. The van der Waals surface area contributed by atoms with E-state index in [2.05, 4.69) is 4.98 Å². The first kappa shape index (κ1) is 21.8. The molecular weight excluding hydrogens is 401 g/mol. The number of nitrogen functional groups attached to an aromatic ring is 1. The second kappa shape index (κ2) is 9.30. The Balaban J connectivity index is 0.00000256. The van der Waals surface area contributed by atoms with Crippen molar-refractivity contribution < 1.29 is 14.4 Å². The average Bonchev–Trinajstić information content (AvgIpc) is 2.72. The third-order valence-corrected chi connectivity index (χ3v) is 5.14. The topological polar surface area (TPSA) is 101 Å². The van der Waals surface area contributed by atoms with E-state index in [0.717, 1.165) is 27.7 Å². The molecule has 0 saturated carbocycles. The number of hydrogen-bond acceptors (Lipinski definition) is 5. The molecule has 0 amide bonds. The highest BCUT2D eigenvalue weighted by molar-refractivity contribution is 6.61. The maximum Gasteiger partial charge on any atom is 0.492 e. The summed E-state index contributed by atoms with van der Waals surface area (Å²) >= 11 is 0. The van der Waals surface area contributed by atoms with Crippen molar-refractivity contribution in [3.8, 4) is 5.75 Å². The zero-order valence-electron chi connectivity index (χ0n) is 16.5. The molecular formula is C22H23BClN3O3. The summed E-state index contributed by atoms with van der Waals surface area (Å²) in [5.74, 6) is 0.440. The molecule has 2 aromatic carbocycles. The van der Waals surface area contributed by atoms with Crippen LogP contribution in [0.15, 0.2) is 60.9 Å². The fraction of sp³-hybridized carbons (Fsp3) is 0.182. The van der Waals surface area contributed by atoms with Gasteiger partial charge in [-0.05, 0) is 41.7 Å². The van der Waals surface area contributed by atoms with Gasteiger partial charge in [0.2, 0.25) is 0 Å². The molecule has 1 unspecified atom stereocenters. The fourth-order valence-corrected chi connectivity index (χ4v) is 3.67. The van der Waals surface area contributed by atoms with Gasteiger partial charge in [-0.1, -0.05) is 35.9 Å². The van der Waals surface area contributed by atoms with E-state index >= 15 is 0 Å². The molecule has 0 aliphatic carbocycles. The summed E-state index contributed by atoms with van der Waals surface area (Å²) in [5.41, 5.74) is 11.0. The Morgan fingerprint density at radius 3 is 2.87 bits per heavy atom. The van der Waals surface area contributed by atoms with Crippen molar-refractivity contribution in [3.05, 3.63) is 88.7 Å². The minimum absolute atomic E-state index is 0. The largest absolute Gasteiger partial charge is 0.492 e. The molecule has 2 heterocycles. The lowest BCUT2D eigenvalue weighted by Crippen LogP contribution is -2.44. The number of nitrogens with two attached hydrogens (primary N) is 1. The summed E-state index contributed by atoms with van der Waals surface area (Å²) in [6.07, 6.45) is 3.77. The van der Waals surface area contributed by atoms with Crippen molar-refractivity contribution in [3.63, 3.8) is 0 Å². The monoisotopic (exact) mass is 423 g/mol. The predicted octanol–water partition coefficient (Wildman–Crippen LogP) is 2.68. The van der Waals surface area contributed by atoms with E-state index in [4.69, 9.17) is 20.5 Å². The number of aryl methyl sites for hydroxylation is 1. The van der Waals surface area contributed by atoms with Crippen LogP contribution in [0.25, 0.3) is 0 Å². The van der Waals surface area contributed by atoms with Gasteiger partial charge < -0.3 is 20.1 Å². The lowest BCUT2D eigenvalue weighted by atomic mass is 9.69. The number of pyridine rings is 1. The first-order chi connectivity index (χ1) is 14.0. The van der Waals surface area contributed by atoms with Crippen LogP contribution in [0.2, 0.25) is 0 Å². The zero-order chi connectivity index (χ0) is 20.4. The van der Waals surface area contributed by atoms with Gasteiger partial charge in [-0.25, -0.2) is 0 Å². The summed E-state index contributed by atoms with van der Waals surface area (Å²) in [7, 11) is -0.975. The lowest BCUT2D eigenvalue weighted by Gasteiger charge is -2.29. The number of nitrogens with one attached hydrogen (secondary N) is 1. The number of aromatic nitrogens is 1. The van der Waals surface area contributed by atoms with E-state index in [1.54, 1.807) is 18.5 Å². The van der Waals surface area contributed by atoms with E-state index in [9.17, 15) is 5.02 Å². The van der Waals surface area contributed by atoms with Crippen LogP contribution < -0.4 is 15.9 Å². The van der Waals surface area contributed by atoms with E-state index in [0.29, 0.717) is 24.3 Å². The van der Waals surface area contributed by atoms with Gasteiger partial charge in [0, 0.05) is 24.4 Å². The van der Waals surface area contributed by atoms with Gasteiger partial charge in [0.1, 0.15) is 18.2 Å². The van der Waals surface area contributed by atoms with Crippen molar-refractivity contribution in [1.29, 1.82) is 5.41 Å². The Morgan fingerprint density at radius 2 is 2.13 bits per heavy atom. The molecule has 1 aliphatic heterocycles. The van der Waals surface area contributed by atoms with E-state index in [-0.39, 0.29) is 24.3 Å².